The molecule has 1 unspecified atom stereocenters. The monoisotopic (exact) mass is 269 g/mol. The van der Waals surface area contributed by atoms with Crippen LogP contribution in [0.2, 0.25) is 0 Å². The fraction of sp³-hybridized carbons (Fsp3) is 0.571. The van der Waals surface area contributed by atoms with Gasteiger partial charge < -0.3 is 4.90 Å². The Morgan fingerprint density at radius 3 is 2.94 bits per heavy atom. The summed E-state index contributed by atoms with van der Waals surface area (Å²) in [6, 6.07) is 6.60. The molecule has 1 nitrogen and oxygen atoms in total. The summed E-state index contributed by atoms with van der Waals surface area (Å²) in [6.45, 7) is 6.82. The number of hydrogen-bond acceptors (Lipinski definition) is 2. The van der Waals surface area contributed by atoms with E-state index in [1.165, 1.54) is 42.1 Å². The lowest BCUT2D eigenvalue weighted by atomic mass is 10.1. The molecule has 3 heteroatoms. The van der Waals surface area contributed by atoms with Gasteiger partial charge in [-0.25, -0.2) is 0 Å². The SMILES string of the molecule is CCC1CN(c2ccc(CCl)cc2C)CCS1. The van der Waals surface area contributed by atoms with Gasteiger partial charge in [0.1, 0.15) is 0 Å². The summed E-state index contributed by atoms with van der Waals surface area (Å²) in [6.07, 6.45) is 1.26. The number of alkyl halides is 1. The van der Waals surface area contributed by atoms with Gasteiger partial charge in [0, 0.05) is 35.7 Å². The number of anilines is 1. The van der Waals surface area contributed by atoms with E-state index in [4.69, 9.17) is 11.6 Å². The van der Waals surface area contributed by atoms with Gasteiger partial charge in [-0.1, -0.05) is 19.1 Å². The number of aryl methyl sites for hydroxylation is 1. The van der Waals surface area contributed by atoms with Crippen LogP contribution in [0, 0.1) is 6.92 Å². The Bertz CT molecular complexity index is 380. The van der Waals surface area contributed by atoms with E-state index in [9.17, 15) is 0 Å². The van der Waals surface area contributed by atoms with Gasteiger partial charge in [0.05, 0.1) is 0 Å². The molecular weight excluding hydrogens is 250 g/mol. The van der Waals surface area contributed by atoms with Crippen molar-refractivity contribution in [3.05, 3.63) is 29.3 Å². The fourth-order valence-electron chi connectivity index (χ4n) is 2.34. The summed E-state index contributed by atoms with van der Waals surface area (Å²) in [5.74, 6) is 1.85. The van der Waals surface area contributed by atoms with Crippen molar-refractivity contribution in [2.45, 2.75) is 31.4 Å². The van der Waals surface area contributed by atoms with Crippen LogP contribution >= 0.6 is 23.4 Å². The van der Waals surface area contributed by atoms with Crippen LogP contribution in [0.5, 0.6) is 0 Å². The molecule has 1 aliphatic rings. The Morgan fingerprint density at radius 2 is 2.29 bits per heavy atom. The summed E-state index contributed by atoms with van der Waals surface area (Å²) in [5, 5.41) is 0.788. The number of halogens is 1. The van der Waals surface area contributed by atoms with Crippen LogP contribution in [0.3, 0.4) is 0 Å². The molecule has 0 saturated carbocycles. The number of thioether (sulfide) groups is 1. The highest BCUT2D eigenvalue weighted by atomic mass is 35.5. The smallest absolute Gasteiger partial charge is 0.0474 e. The van der Waals surface area contributed by atoms with E-state index in [0.29, 0.717) is 5.88 Å². The standard InChI is InChI=1S/C14H20ClNS/c1-3-13-10-16(6-7-17-13)14-5-4-12(9-15)8-11(14)2/h4-5,8,13H,3,6-7,9-10H2,1-2H3. The average molecular weight is 270 g/mol. The minimum absolute atomic E-state index is 0.606. The van der Waals surface area contributed by atoms with Gasteiger partial charge in [-0.3, -0.25) is 0 Å². The number of benzene rings is 1. The van der Waals surface area contributed by atoms with Crippen molar-refractivity contribution in [2.24, 2.45) is 0 Å². The molecule has 94 valence electrons. The van der Waals surface area contributed by atoms with E-state index in [2.05, 4.69) is 48.7 Å². The Hall–Kier alpha value is -0.340. The maximum atomic E-state index is 5.87. The third-order valence-electron chi connectivity index (χ3n) is 3.35. The summed E-state index contributed by atoms with van der Waals surface area (Å²) in [7, 11) is 0. The van der Waals surface area contributed by atoms with Crippen LogP contribution in [-0.4, -0.2) is 24.1 Å². The number of rotatable bonds is 3. The highest BCUT2D eigenvalue weighted by Crippen LogP contribution is 2.28. The molecule has 0 N–H and O–H groups in total. The summed E-state index contributed by atoms with van der Waals surface area (Å²) < 4.78 is 0. The summed E-state index contributed by atoms with van der Waals surface area (Å²) >= 11 is 7.98. The molecule has 1 fully saturated rings. The first-order valence-corrected chi connectivity index (χ1v) is 7.85. The first-order valence-electron chi connectivity index (χ1n) is 6.26. The minimum Gasteiger partial charge on any atom is -0.369 e. The van der Waals surface area contributed by atoms with Crippen molar-refractivity contribution in [2.75, 3.05) is 23.7 Å². The minimum atomic E-state index is 0.606. The van der Waals surface area contributed by atoms with E-state index >= 15 is 0 Å². The van der Waals surface area contributed by atoms with Crippen molar-refractivity contribution in [1.82, 2.24) is 0 Å². The van der Waals surface area contributed by atoms with Crippen molar-refractivity contribution in [1.29, 1.82) is 0 Å². The lowest BCUT2D eigenvalue weighted by Crippen LogP contribution is -2.38. The molecule has 0 bridgehead atoms. The second-order valence-corrected chi connectivity index (χ2v) is 6.28. The Kier molecular flexibility index (Phi) is 4.63. The van der Waals surface area contributed by atoms with Gasteiger partial charge in [-0.05, 0) is 30.5 Å². The second kappa shape index (κ2) is 6.01. The molecule has 0 aliphatic carbocycles. The highest BCUT2D eigenvalue weighted by molar-refractivity contribution is 8.00. The largest absolute Gasteiger partial charge is 0.369 e. The molecule has 1 saturated heterocycles. The quantitative estimate of drug-likeness (QED) is 0.761. The molecule has 0 amide bonds. The van der Waals surface area contributed by atoms with Crippen LogP contribution in [0.15, 0.2) is 18.2 Å². The summed E-state index contributed by atoms with van der Waals surface area (Å²) in [4.78, 5) is 2.53. The van der Waals surface area contributed by atoms with E-state index in [-0.39, 0.29) is 0 Å². The highest BCUT2D eigenvalue weighted by Gasteiger charge is 2.20. The van der Waals surface area contributed by atoms with Crippen molar-refractivity contribution >= 4 is 29.1 Å². The van der Waals surface area contributed by atoms with Crippen LogP contribution < -0.4 is 4.90 Å². The van der Waals surface area contributed by atoms with Gasteiger partial charge in [0.2, 0.25) is 0 Å². The van der Waals surface area contributed by atoms with Gasteiger partial charge in [-0.2, -0.15) is 11.8 Å². The van der Waals surface area contributed by atoms with Crippen LogP contribution in [0.4, 0.5) is 5.69 Å². The molecule has 1 heterocycles. The molecule has 1 atom stereocenters. The number of nitrogens with zero attached hydrogens (tertiary/aromatic N) is 1. The van der Waals surface area contributed by atoms with Crippen LogP contribution in [0.1, 0.15) is 24.5 Å². The average Bonchev–Trinajstić information content (AvgIpc) is 2.38. The van der Waals surface area contributed by atoms with E-state index < -0.39 is 0 Å². The molecule has 1 aromatic rings. The van der Waals surface area contributed by atoms with Crippen LogP contribution in [0.25, 0.3) is 0 Å². The topological polar surface area (TPSA) is 3.24 Å². The lowest BCUT2D eigenvalue weighted by Gasteiger charge is -2.34. The van der Waals surface area contributed by atoms with Gasteiger partial charge in [0.15, 0.2) is 0 Å². The van der Waals surface area contributed by atoms with Gasteiger partial charge >= 0.3 is 0 Å². The molecular formula is C14H20ClNS. The maximum Gasteiger partial charge on any atom is 0.0474 e. The van der Waals surface area contributed by atoms with Gasteiger partial charge in [0.25, 0.3) is 0 Å². The summed E-state index contributed by atoms with van der Waals surface area (Å²) in [5.41, 5.74) is 3.95. The Morgan fingerprint density at radius 1 is 1.47 bits per heavy atom. The Balaban J connectivity index is 2.16. The third kappa shape index (κ3) is 3.11. The Labute approximate surface area is 114 Å². The third-order valence-corrected chi connectivity index (χ3v) is 5.03. The molecule has 0 spiro atoms. The predicted molar refractivity (Wildman–Crippen MR) is 79.5 cm³/mol. The number of hydrogen-bond donors (Lipinski definition) is 0. The predicted octanol–water partition coefficient (Wildman–Crippen LogP) is 4.07. The second-order valence-electron chi connectivity index (χ2n) is 4.60. The first-order chi connectivity index (χ1) is 8.24. The fourth-order valence-corrected chi connectivity index (χ4v) is 3.69. The molecule has 1 aliphatic heterocycles. The van der Waals surface area contributed by atoms with Crippen molar-refractivity contribution in [3.63, 3.8) is 0 Å². The van der Waals surface area contributed by atoms with Crippen LogP contribution in [-0.2, 0) is 5.88 Å². The maximum absolute atomic E-state index is 5.87. The normalized spacial score (nSPS) is 20.6. The first kappa shape index (κ1) is 13.1. The molecule has 2 rings (SSSR count). The lowest BCUT2D eigenvalue weighted by molar-refractivity contribution is 0.726. The zero-order valence-electron chi connectivity index (χ0n) is 10.6. The molecule has 1 aromatic carbocycles. The molecule has 17 heavy (non-hydrogen) atoms. The zero-order valence-corrected chi connectivity index (χ0v) is 12.2. The van der Waals surface area contributed by atoms with Crippen molar-refractivity contribution in [3.8, 4) is 0 Å². The van der Waals surface area contributed by atoms with Crippen molar-refractivity contribution < 1.29 is 0 Å². The van der Waals surface area contributed by atoms with E-state index in [1.807, 2.05) is 0 Å². The van der Waals surface area contributed by atoms with Gasteiger partial charge in [-0.15, -0.1) is 11.6 Å². The molecule has 0 radical (unpaired) electrons. The molecule has 0 aromatic heterocycles. The van der Waals surface area contributed by atoms with E-state index in [0.717, 1.165) is 5.25 Å². The zero-order chi connectivity index (χ0) is 12.3. The van der Waals surface area contributed by atoms with E-state index in [1.54, 1.807) is 0 Å².